The van der Waals surface area contributed by atoms with Gasteiger partial charge in [-0.3, -0.25) is 14.7 Å². The van der Waals surface area contributed by atoms with Gasteiger partial charge in [0, 0.05) is 12.4 Å². The van der Waals surface area contributed by atoms with Crippen molar-refractivity contribution < 1.29 is 14.3 Å². The lowest BCUT2D eigenvalue weighted by atomic mass is 10.1. The molecule has 7 heteroatoms. The zero-order valence-electron chi connectivity index (χ0n) is 17.9. The van der Waals surface area contributed by atoms with Gasteiger partial charge in [0.1, 0.15) is 11.5 Å². The van der Waals surface area contributed by atoms with Crippen LogP contribution in [0.1, 0.15) is 27.0 Å². The molecular formula is C24H23N3O3S. The molecule has 0 bridgehead atoms. The van der Waals surface area contributed by atoms with E-state index in [0.29, 0.717) is 28.7 Å². The second-order valence-corrected chi connectivity index (χ2v) is 8.23. The van der Waals surface area contributed by atoms with Crippen LogP contribution in [0.25, 0.3) is 10.2 Å². The fraction of sp³-hybridized carbons (Fsp3) is 0.208. The van der Waals surface area contributed by atoms with Gasteiger partial charge in [0.25, 0.3) is 5.91 Å². The van der Waals surface area contributed by atoms with Crippen LogP contribution >= 0.6 is 11.3 Å². The van der Waals surface area contributed by atoms with Gasteiger partial charge >= 0.3 is 0 Å². The molecule has 0 unspecified atom stereocenters. The van der Waals surface area contributed by atoms with E-state index in [1.54, 1.807) is 49.7 Å². The van der Waals surface area contributed by atoms with Crippen molar-refractivity contribution in [1.29, 1.82) is 0 Å². The zero-order valence-corrected chi connectivity index (χ0v) is 18.7. The molecule has 2 aromatic heterocycles. The van der Waals surface area contributed by atoms with Gasteiger partial charge < -0.3 is 9.47 Å². The number of thiazole rings is 1. The number of pyridine rings is 1. The third kappa shape index (κ3) is 4.22. The molecule has 2 heterocycles. The number of benzene rings is 2. The highest BCUT2D eigenvalue weighted by atomic mass is 32.1. The van der Waals surface area contributed by atoms with Gasteiger partial charge in [0.15, 0.2) is 5.13 Å². The molecule has 0 fully saturated rings. The lowest BCUT2D eigenvalue weighted by Gasteiger charge is -2.21. The average molecular weight is 434 g/mol. The van der Waals surface area contributed by atoms with Crippen LogP contribution in [0.5, 0.6) is 11.5 Å². The lowest BCUT2D eigenvalue weighted by Crippen LogP contribution is -2.30. The van der Waals surface area contributed by atoms with Gasteiger partial charge in [-0.05, 0) is 66.9 Å². The minimum absolute atomic E-state index is 0.216. The van der Waals surface area contributed by atoms with E-state index in [0.717, 1.165) is 15.8 Å². The number of aromatic nitrogens is 2. The Morgan fingerprint density at radius 2 is 1.87 bits per heavy atom. The summed E-state index contributed by atoms with van der Waals surface area (Å²) < 4.78 is 11.8. The zero-order chi connectivity index (χ0) is 22.0. The number of methoxy groups -OCH3 is 2. The number of hydrogen-bond acceptors (Lipinski definition) is 6. The van der Waals surface area contributed by atoms with E-state index in [-0.39, 0.29) is 5.91 Å². The molecule has 0 aliphatic carbocycles. The molecular weight excluding hydrogens is 410 g/mol. The molecule has 0 radical (unpaired) electrons. The van der Waals surface area contributed by atoms with Gasteiger partial charge in [0.2, 0.25) is 0 Å². The van der Waals surface area contributed by atoms with Crippen molar-refractivity contribution in [3.63, 3.8) is 0 Å². The molecule has 0 atom stereocenters. The van der Waals surface area contributed by atoms with Crippen LogP contribution in [-0.2, 0) is 6.54 Å². The normalized spacial score (nSPS) is 10.8. The molecule has 1 amide bonds. The molecule has 158 valence electrons. The Balaban J connectivity index is 1.83. The van der Waals surface area contributed by atoms with E-state index in [4.69, 9.17) is 14.5 Å². The van der Waals surface area contributed by atoms with Crippen LogP contribution in [0.2, 0.25) is 0 Å². The summed E-state index contributed by atoms with van der Waals surface area (Å²) in [5.41, 5.74) is 4.57. The van der Waals surface area contributed by atoms with Crippen LogP contribution in [-0.4, -0.2) is 30.1 Å². The summed E-state index contributed by atoms with van der Waals surface area (Å²) in [4.78, 5) is 24.4. The number of rotatable bonds is 6. The van der Waals surface area contributed by atoms with Crippen LogP contribution in [0.3, 0.4) is 0 Å². The molecule has 0 N–H and O–H groups in total. The van der Waals surface area contributed by atoms with Crippen LogP contribution < -0.4 is 14.4 Å². The second kappa shape index (κ2) is 8.73. The Kier molecular flexibility index (Phi) is 5.86. The number of ether oxygens (including phenoxy) is 2. The number of nitrogens with zero attached hydrogens (tertiary/aromatic N) is 3. The summed E-state index contributed by atoms with van der Waals surface area (Å²) >= 11 is 1.50. The van der Waals surface area contributed by atoms with Crippen molar-refractivity contribution in [2.75, 3.05) is 19.1 Å². The van der Waals surface area contributed by atoms with Crippen molar-refractivity contribution in [3.05, 3.63) is 77.1 Å². The number of fused-ring (bicyclic) bond motifs is 1. The third-order valence-corrected chi connectivity index (χ3v) is 6.21. The highest BCUT2D eigenvalue weighted by Crippen LogP contribution is 2.34. The van der Waals surface area contributed by atoms with Gasteiger partial charge in [0.05, 0.1) is 36.5 Å². The first-order chi connectivity index (χ1) is 15.0. The summed E-state index contributed by atoms with van der Waals surface area (Å²) in [7, 11) is 3.12. The SMILES string of the molecule is COc1ccc(OC)c(C(=O)N(Cc2cccnc2)c2nc3cc(C)c(C)cc3s2)c1. The largest absolute Gasteiger partial charge is 0.497 e. The first-order valence-electron chi connectivity index (χ1n) is 9.80. The number of carbonyl (C=O) groups is 1. The maximum absolute atomic E-state index is 13.7. The Bertz CT molecular complexity index is 1200. The molecule has 0 aliphatic heterocycles. The number of amides is 1. The van der Waals surface area contributed by atoms with E-state index in [1.807, 2.05) is 12.1 Å². The van der Waals surface area contributed by atoms with Crippen LogP contribution in [0.15, 0.2) is 54.9 Å². The Hall–Kier alpha value is -3.45. The average Bonchev–Trinajstić information content (AvgIpc) is 3.19. The first-order valence-corrected chi connectivity index (χ1v) is 10.6. The summed E-state index contributed by atoms with van der Waals surface area (Å²) in [5, 5.41) is 0.624. The summed E-state index contributed by atoms with van der Waals surface area (Å²) in [6.07, 6.45) is 3.47. The van der Waals surface area contributed by atoms with Crippen LogP contribution in [0, 0.1) is 13.8 Å². The topological polar surface area (TPSA) is 64.6 Å². The Labute approximate surface area is 185 Å². The number of aryl methyl sites for hydroxylation is 2. The van der Waals surface area contributed by atoms with Crippen molar-refractivity contribution >= 4 is 32.6 Å². The fourth-order valence-electron chi connectivity index (χ4n) is 3.31. The minimum atomic E-state index is -0.216. The molecule has 6 nitrogen and oxygen atoms in total. The molecule has 0 aliphatic rings. The maximum Gasteiger partial charge on any atom is 0.264 e. The molecule has 0 saturated heterocycles. The quantitative estimate of drug-likeness (QED) is 0.420. The standard InChI is InChI=1S/C24H23N3O3S/c1-15-10-20-22(11-16(15)2)31-24(26-20)27(14-17-6-5-9-25-13-17)23(28)19-12-18(29-3)7-8-21(19)30-4/h5-13H,14H2,1-4H3. The van der Waals surface area contributed by atoms with E-state index in [1.165, 1.54) is 22.5 Å². The predicted molar refractivity (Wildman–Crippen MR) is 123 cm³/mol. The van der Waals surface area contributed by atoms with Crippen LogP contribution in [0.4, 0.5) is 5.13 Å². The third-order valence-electron chi connectivity index (χ3n) is 5.17. The van der Waals surface area contributed by atoms with E-state index >= 15 is 0 Å². The van der Waals surface area contributed by atoms with Crippen molar-refractivity contribution in [2.45, 2.75) is 20.4 Å². The maximum atomic E-state index is 13.7. The highest BCUT2D eigenvalue weighted by Gasteiger charge is 2.25. The predicted octanol–water partition coefficient (Wildman–Crippen LogP) is 5.17. The monoisotopic (exact) mass is 433 g/mol. The first kappa shape index (κ1) is 20.8. The smallest absolute Gasteiger partial charge is 0.264 e. The molecule has 4 aromatic rings. The van der Waals surface area contributed by atoms with E-state index in [9.17, 15) is 4.79 Å². The Morgan fingerprint density at radius 3 is 2.58 bits per heavy atom. The lowest BCUT2D eigenvalue weighted by molar-refractivity contribution is 0.0982. The summed E-state index contributed by atoms with van der Waals surface area (Å²) in [6, 6.07) is 13.2. The molecule has 31 heavy (non-hydrogen) atoms. The van der Waals surface area contributed by atoms with Crippen molar-refractivity contribution in [3.8, 4) is 11.5 Å². The summed E-state index contributed by atoms with van der Waals surface area (Å²) in [5.74, 6) is 0.850. The summed E-state index contributed by atoms with van der Waals surface area (Å²) in [6.45, 7) is 4.48. The number of hydrogen-bond donors (Lipinski definition) is 0. The second-order valence-electron chi connectivity index (χ2n) is 7.22. The van der Waals surface area contributed by atoms with Crippen molar-refractivity contribution in [2.24, 2.45) is 0 Å². The van der Waals surface area contributed by atoms with Gasteiger partial charge in [-0.2, -0.15) is 0 Å². The molecule has 0 saturated carbocycles. The highest BCUT2D eigenvalue weighted by molar-refractivity contribution is 7.22. The van der Waals surface area contributed by atoms with E-state index < -0.39 is 0 Å². The van der Waals surface area contributed by atoms with E-state index in [2.05, 4.69) is 31.0 Å². The molecule has 0 spiro atoms. The van der Waals surface area contributed by atoms with Gasteiger partial charge in [-0.1, -0.05) is 17.4 Å². The minimum Gasteiger partial charge on any atom is -0.497 e. The number of anilines is 1. The number of carbonyl (C=O) groups excluding carboxylic acids is 1. The van der Waals surface area contributed by atoms with Gasteiger partial charge in [-0.15, -0.1) is 0 Å². The fourth-order valence-corrected chi connectivity index (χ4v) is 4.35. The Morgan fingerprint density at radius 1 is 1.06 bits per heavy atom. The molecule has 4 rings (SSSR count). The molecule has 2 aromatic carbocycles. The van der Waals surface area contributed by atoms with Gasteiger partial charge in [-0.25, -0.2) is 4.98 Å². The van der Waals surface area contributed by atoms with Crippen molar-refractivity contribution in [1.82, 2.24) is 9.97 Å².